The van der Waals surface area contributed by atoms with E-state index >= 15 is 0 Å². The zero-order chi connectivity index (χ0) is 15.8. The first kappa shape index (κ1) is 17.1. The van der Waals surface area contributed by atoms with Gasteiger partial charge in [0, 0.05) is 23.5 Å². The third kappa shape index (κ3) is 5.49. The van der Waals surface area contributed by atoms with Gasteiger partial charge >= 0.3 is 0 Å². The third-order valence-corrected chi connectivity index (χ3v) is 3.40. The number of rotatable bonds is 6. The lowest BCUT2D eigenvalue weighted by molar-refractivity contribution is -0.112. The Morgan fingerprint density at radius 1 is 1.48 bits per heavy atom. The van der Waals surface area contributed by atoms with E-state index in [2.05, 4.69) is 24.5 Å². The van der Waals surface area contributed by atoms with Crippen LogP contribution >= 0.6 is 11.6 Å². The van der Waals surface area contributed by atoms with Crippen molar-refractivity contribution in [3.8, 4) is 6.07 Å². The van der Waals surface area contributed by atoms with Crippen LogP contribution < -0.4 is 10.6 Å². The molecule has 0 aliphatic heterocycles. The van der Waals surface area contributed by atoms with Crippen LogP contribution in [0.25, 0.3) is 0 Å². The molecule has 1 aromatic rings. The fraction of sp³-hybridized carbons (Fsp3) is 0.375. The molecule has 0 aliphatic rings. The molecule has 0 radical (unpaired) electrons. The van der Waals surface area contributed by atoms with Gasteiger partial charge in [0.05, 0.1) is 0 Å². The van der Waals surface area contributed by atoms with E-state index in [4.69, 9.17) is 16.9 Å². The first-order chi connectivity index (χ1) is 9.95. The van der Waals surface area contributed by atoms with Crippen molar-refractivity contribution in [2.24, 2.45) is 5.92 Å². The largest absolute Gasteiger partial charge is 0.390 e. The Bertz CT molecular complexity index is 573. The Balaban J connectivity index is 2.69. The number of carbonyl (C=O) groups is 1. The van der Waals surface area contributed by atoms with E-state index in [9.17, 15) is 4.79 Å². The van der Waals surface area contributed by atoms with Crippen LogP contribution in [-0.4, -0.2) is 12.5 Å². The van der Waals surface area contributed by atoms with Crippen molar-refractivity contribution in [3.05, 3.63) is 40.6 Å². The first-order valence-corrected chi connectivity index (χ1v) is 7.23. The molecular weight excluding hydrogens is 286 g/mol. The Labute approximate surface area is 130 Å². The second-order valence-electron chi connectivity index (χ2n) is 5.17. The highest BCUT2D eigenvalue weighted by Gasteiger charge is 2.11. The highest BCUT2D eigenvalue weighted by atomic mass is 35.5. The van der Waals surface area contributed by atoms with E-state index in [0.29, 0.717) is 16.6 Å². The molecule has 0 unspecified atom stereocenters. The number of benzene rings is 1. The summed E-state index contributed by atoms with van der Waals surface area (Å²) in [6, 6.07) is 7.15. The standard InChI is InChI=1S/C16H20ClN3O/c1-11(2)7-8-19-10-13(9-18)16(21)20-15-6-4-5-14(17)12(15)3/h4-6,10-11,19H,7-8H2,1-3H3,(H,20,21)/b13-10-. The number of halogens is 1. The van der Waals surface area contributed by atoms with Crippen LogP contribution in [0.5, 0.6) is 0 Å². The van der Waals surface area contributed by atoms with Gasteiger partial charge in [-0.15, -0.1) is 0 Å². The molecule has 0 atom stereocenters. The smallest absolute Gasteiger partial charge is 0.267 e. The molecule has 5 heteroatoms. The van der Waals surface area contributed by atoms with E-state index in [1.807, 2.05) is 13.0 Å². The van der Waals surface area contributed by atoms with Crippen LogP contribution in [0.1, 0.15) is 25.8 Å². The summed E-state index contributed by atoms with van der Waals surface area (Å²) >= 11 is 6.00. The van der Waals surface area contributed by atoms with Crippen LogP contribution in [-0.2, 0) is 4.79 Å². The van der Waals surface area contributed by atoms with Crippen LogP contribution in [0.15, 0.2) is 30.0 Å². The molecule has 0 aromatic heterocycles. The summed E-state index contributed by atoms with van der Waals surface area (Å²) in [6.45, 7) is 6.78. The Morgan fingerprint density at radius 3 is 2.81 bits per heavy atom. The van der Waals surface area contributed by atoms with Gasteiger partial charge in [0.2, 0.25) is 0 Å². The van der Waals surface area contributed by atoms with Crippen LogP contribution in [0.3, 0.4) is 0 Å². The Kier molecular flexibility index (Phi) is 6.77. The maximum absolute atomic E-state index is 12.1. The number of nitrogens with one attached hydrogen (secondary N) is 2. The summed E-state index contributed by atoms with van der Waals surface area (Å²) < 4.78 is 0. The molecule has 0 bridgehead atoms. The Morgan fingerprint density at radius 2 is 2.19 bits per heavy atom. The number of nitrogens with zero attached hydrogens (tertiary/aromatic N) is 1. The quantitative estimate of drug-likeness (QED) is 0.479. The third-order valence-electron chi connectivity index (χ3n) is 2.99. The molecule has 112 valence electrons. The second kappa shape index (κ2) is 8.33. The minimum absolute atomic E-state index is 0.0399. The van der Waals surface area contributed by atoms with Crippen LogP contribution in [0.2, 0.25) is 5.02 Å². The predicted molar refractivity (Wildman–Crippen MR) is 86.0 cm³/mol. The van der Waals surface area contributed by atoms with Crippen molar-refractivity contribution in [1.82, 2.24) is 5.32 Å². The normalized spacial score (nSPS) is 11.1. The minimum Gasteiger partial charge on any atom is -0.390 e. The van der Waals surface area contributed by atoms with Crippen molar-refractivity contribution in [2.45, 2.75) is 27.2 Å². The molecule has 1 amide bonds. The van der Waals surface area contributed by atoms with Gasteiger partial charge in [0.25, 0.3) is 5.91 Å². The van der Waals surface area contributed by atoms with Gasteiger partial charge in [0.15, 0.2) is 0 Å². The van der Waals surface area contributed by atoms with Crippen molar-refractivity contribution in [1.29, 1.82) is 5.26 Å². The molecule has 2 N–H and O–H groups in total. The molecule has 1 aromatic carbocycles. The highest BCUT2D eigenvalue weighted by molar-refractivity contribution is 6.31. The average Bonchev–Trinajstić information content (AvgIpc) is 2.43. The summed E-state index contributed by atoms with van der Waals surface area (Å²) in [4.78, 5) is 12.1. The van der Waals surface area contributed by atoms with Crippen molar-refractivity contribution < 1.29 is 4.79 Å². The second-order valence-corrected chi connectivity index (χ2v) is 5.58. The molecule has 0 fully saturated rings. The summed E-state index contributed by atoms with van der Waals surface area (Å²) in [5.74, 6) is 0.124. The van der Waals surface area contributed by atoms with Gasteiger partial charge in [-0.05, 0) is 37.0 Å². The van der Waals surface area contributed by atoms with E-state index in [0.717, 1.165) is 18.5 Å². The molecule has 4 nitrogen and oxygen atoms in total. The van der Waals surface area contributed by atoms with Crippen molar-refractivity contribution >= 4 is 23.2 Å². The number of hydrogen-bond donors (Lipinski definition) is 2. The maximum Gasteiger partial charge on any atom is 0.267 e. The van der Waals surface area contributed by atoms with E-state index in [1.165, 1.54) is 6.20 Å². The van der Waals surface area contributed by atoms with Gasteiger partial charge < -0.3 is 10.6 Å². The fourth-order valence-corrected chi connectivity index (χ4v) is 1.80. The van der Waals surface area contributed by atoms with Gasteiger partial charge in [-0.1, -0.05) is 31.5 Å². The molecule has 21 heavy (non-hydrogen) atoms. The molecule has 0 aliphatic carbocycles. The van der Waals surface area contributed by atoms with E-state index in [1.54, 1.807) is 18.2 Å². The summed E-state index contributed by atoms with van der Waals surface area (Å²) in [5, 5.41) is 15.3. The zero-order valence-corrected chi connectivity index (χ0v) is 13.3. The van der Waals surface area contributed by atoms with Crippen LogP contribution in [0, 0.1) is 24.2 Å². The Hall–Kier alpha value is -1.99. The monoisotopic (exact) mass is 305 g/mol. The highest BCUT2D eigenvalue weighted by Crippen LogP contribution is 2.23. The lowest BCUT2D eigenvalue weighted by Crippen LogP contribution is -2.18. The first-order valence-electron chi connectivity index (χ1n) is 6.85. The van der Waals surface area contributed by atoms with Gasteiger partial charge in [-0.3, -0.25) is 4.79 Å². The fourth-order valence-electron chi connectivity index (χ4n) is 1.63. The molecule has 0 heterocycles. The zero-order valence-electron chi connectivity index (χ0n) is 12.5. The van der Waals surface area contributed by atoms with Crippen molar-refractivity contribution in [2.75, 3.05) is 11.9 Å². The number of anilines is 1. The number of amides is 1. The molecule has 1 rings (SSSR count). The molecule has 0 saturated carbocycles. The minimum atomic E-state index is -0.445. The molecular formula is C16H20ClN3O. The number of hydrogen-bond acceptors (Lipinski definition) is 3. The van der Waals surface area contributed by atoms with E-state index < -0.39 is 5.91 Å². The summed E-state index contributed by atoms with van der Waals surface area (Å²) in [6.07, 6.45) is 2.43. The van der Waals surface area contributed by atoms with E-state index in [-0.39, 0.29) is 5.57 Å². The number of nitriles is 1. The molecule has 0 saturated heterocycles. The average molecular weight is 306 g/mol. The van der Waals surface area contributed by atoms with Gasteiger partial charge in [-0.25, -0.2) is 0 Å². The summed E-state index contributed by atoms with van der Waals surface area (Å²) in [5.41, 5.74) is 1.42. The van der Waals surface area contributed by atoms with Crippen molar-refractivity contribution in [3.63, 3.8) is 0 Å². The predicted octanol–water partition coefficient (Wildman–Crippen LogP) is 3.63. The SMILES string of the molecule is Cc1c(Cl)cccc1NC(=O)/C(C#N)=C\NCCC(C)C. The lowest BCUT2D eigenvalue weighted by atomic mass is 10.1. The van der Waals surface area contributed by atoms with Gasteiger partial charge in [-0.2, -0.15) is 5.26 Å². The molecule has 0 spiro atoms. The van der Waals surface area contributed by atoms with Crippen LogP contribution in [0.4, 0.5) is 5.69 Å². The summed E-state index contributed by atoms with van der Waals surface area (Å²) in [7, 11) is 0. The number of carbonyl (C=O) groups excluding carboxylic acids is 1. The van der Waals surface area contributed by atoms with Gasteiger partial charge in [0.1, 0.15) is 11.6 Å². The topological polar surface area (TPSA) is 64.9 Å². The maximum atomic E-state index is 12.1. The lowest BCUT2D eigenvalue weighted by Gasteiger charge is -2.09.